The van der Waals surface area contributed by atoms with Crippen molar-refractivity contribution in [1.29, 1.82) is 0 Å². The fraction of sp³-hybridized carbons (Fsp3) is 0.476. The Bertz CT molecular complexity index is 842. The number of rotatable bonds is 5. The third-order valence-corrected chi connectivity index (χ3v) is 5.33. The van der Waals surface area contributed by atoms with Gasteiger partial charge in [0.2, 0.25) is 5.91 Å². The highest BCUT2D eigenvalue weighted by atomic mass is 16.5. The molecule has 3 rings (SSSR count). The second-order valence-corrected chi connectivity index (χ2v) is 7.77. The van der Waals surface area contributed by atoms with Crippen LogP contribution >= 0.6 is 0 Å². The van der Waals surface area contributed by atoms with Gasteiger partial charge in [0, 0.05) is 37.1 Å². The van der Waals surface area contributed by atoms with Crippen molar-refractivity contribution in [1.82, 2.24) is 10.1 Å². The third kappa shape index (κ3) is 3.89. The van der Waals surface area contributed by atoms with E-state index >= 15 is 0 Å². The van der Waals surface area contributed by atoms with E-state index < -0.39 is 11.4 Å². The van der Waals surface area contributed by atoms with Gasteiger partial charge in [-0.25, -0.2) is 0 Å². The van der Waals surface area contributed by atoms with E-state index in [-0.39, 0.29) is 24.8 Å². The van der Waals surface area contributed by atoms with Crippen LogP contribution in [0.4, 0.5) is 0 Å². The van der Waals surface area contributed by atoms with Crippen molar-refractivity contribution >= 4 is 11.9 Å². The van der Waals surface area contributed by atoms with Crippen molar-refractivity contribution in [2.24, 2.45) is 11.3 Å². The average molecular weight is 370 g/mol. The molecule has 0 spiro atoms. The number of aryl methyl sites for hydroxylation is 1. The summed E-state index contributed by atoms with van der Waals surface area (Å²) in [5.74, 6) is -0.502. The van der Waals surface area contributed by atoms with E-state index in [4.69, 9.17) is 4.52 Å². The molecule has 1 N–H and O–H groups in total. The number of carbonyl (C=O) groups excluding carboxylic acids is 1. The molecule has 6 nitrogen and oxygen atoms in total. The SMILES string of the molecule is Cc1ccccc1-c1cc(C[C@]2(C(=O)O)CCCN(C(=O)C(C)C)C2)on1. The molecular formula is C21H26N2O4. The van der Waals surface area contributed by atoms with Crippen LogP contribution in [0.3, 0.4) is 0 Å². The minimum atomic E-state index is -1.04. The van der Waals surface area contributed by atoms with Gasteiger partial charge in [0.15, 0.2) is 0 Å². The number of hydrogen-bond donors (Lipinski definition) is 1. The van der Waals surface area contributed by atoms with E-state index in [1.165, 1.54) is 0 Å². The van der Waals surface area contributed by atoms with Crippen LogP contribution in [0.25, 0.3) is 11.3 Å². The predicted molar refractivity (Wildman–Crippen MR) is 101 cm³/mol. The number of piperidine rings is 1. The molecular weight excluding hydrogens is 344 g/mol. The van der Waals surface area contributed by atoms with Crippen LogP contribution in [0.2, 0.25) is 0 Å². The number of carboxylic acid groups (broad SMARTS) is 1. The molecule has 1 aromatic heterocycles. The van der Waals surface area contributed by atoms with Crippen molar-refractivity contribution in [3.63, 3.8) is 0 Å². The molecule has 1 atom stereocenters. The zero-order valence-electron chi connectivity index (χ0n) is 16.1. The van der Waals surface area contributed by atoms with Crippen LogP contribution in [0.5, 0.6) is 0 Å². The van der Waals surface area contributed by atoms with E-state index in [1.54, 1.807) is 4.90 Å². The number of amides is 1. The van der Waals surface area contributed by atoms with Crippen LogP contribution in [0, 0.1) is 18.3 Å². The molecule has 2 aromatic rings. The van der Waals surface area contributed by atoms with Gasteiger partial charge in [0.05, 0.1) is 5.41 Å². The molecule has 1 aliphatic rings. The third-order valence-electron chi connectivity index (χ3n) is 5.33. The van der Waals surface area contributed by atoms with Crippen molar-refractivity contribution in [2.45, 2.75) is 40.0 Å². The van der Waals surface area contributed by atoms with Gasteiger partial charge in [-0.15, -0.1) is 0 Å². The topological polar surface area (TPSA) is 83.6 Å². The lowest BCUT2D eigenvalue weighted by Gasteiger charge is -2.40. The maximum atomic E-state index is 12.4. The number of aliphatic carboxylic acids is 1. The predicted octanol–water partition coefficient (Wildman–Crippen LogP) is 3.54. The molecule has 1 saturated heterocycles. The van der Waals surface area contributed by atoms with Gasteiger partial charge >= 0.3 is 5.97 Å². The highest BCUT2D eigenvalue weighted by Gasteiger charge is 2.45. The second kappa shape index (κ2) is 7.55. The molecule has 144 valence electrons. The standard InChI is InChI=1S/C21H26N2O4/c1-14(2)19(24)23-10-6-9-21(13-23,20(25)26)12-16-11-18(22-27-16)17-8-5-4-7-15(17)3/h4-5,7-8,11,14H,6,9-10,12-13H2,1-3H3,(H,25,26)/t21-/m1/s1. The smallest absolute Gasteiger partial charge is 0.311 e. The highest BCUT2D eigenvalue weighted by Crippen LogP contribution is 2.36. The second-order valence-electron chi connectivity index (χ2n) is 7.77. The molecule has 27 heavy (non-hydrogen) atoms. The summed E-state index contributed by atoms with van der Waals surface area (Å²) in [4.78, 5) is 26.2. The summed E-state index contributed by atoms with van der Waals surface area (Å²) in [5.41, 5.74) is 1.72. The van der Waals surface area contributed by atoms with Crippen LogP contribution in [-0.4, -0.2) is 40.1 Å². The zero-order chi connectivity index (χ0) is 19.6. The molecule has 6 heteroatoms. The first-order valence-corrected chi connectivity index (χ1v) is 9.36. The van der Waals surface area contributed by atoms with Crippen LogP contribution < -0.4 is 0 Å². The largest absolute Gasteiger partial charge is 0.481 e. The number of aromatic nitrogens is 1. The summed E-state index contributed by atoms with van der Waals surface area (Å²) in [6, 6.07) is 9.68. The Labute approximate surface area is 159 Å². The first-order chi connectivity index (χ1) is 12.8. The fourth-order valence-electron chi connectivity index (χ4n) is 3.80. The lowest BCUT2D eigenvalue weighted by molar-refractivity contribution is -0.156. The Hall–Kier alpha value is -2.63. The number of carboxylic acids is 1. The van der Waals surface area contributed by atoms with E-state index in [0.29, 0.717) is 30.8 Å². The Balaban J connectivity index is 1.84. The monoisotopic (exact) mass is 370 g/mol. The average Bonchev–Trinajstić information content (AvgIpc) is 3.09. The fourth-order valence-corrected chi connectivity index (χ4v) is 3.80. The molecule has 1 aliphatic heterocycles. The Morgan fingerprint density at radius 1 is 1.33 bits per heavy atom. The molecule has 0 radical (unpaired) electrons. The van der Waals surface area contributed by atoms with Crippen LogP contribution in [0.1, 0.15) is 38.0 Å². The quantitative estimate of drug-likeness (QED) is 0.870. The summed E-state index contributed by atoms with van der Waals surface area (Å²) >= 11 is 0. The lowest BCUT2D eigenvalue weighted by atomic mass is 9.76. The maximum absolute atomic E-state index is 12.4. The number of hydrogen-bond acceptors (Lipinski definition) is 4. The maximum Gasteiger partial charge on any atom is 0.311 e. The molecule has 1 fully saturated rings. The summed E-state index contributed by atoms with van der Waals surface area (Å²) in [6.07, 6.45) is 1.41. The zero-order valence-corrected chi connectivity index (χ0v) is 16.1. The molecule has 2 heterocycles. The van der Waals surface area contributed by atoms with Gasteiger partial charge in [0.25, 0.3) is 0 Å². The lowest BCUT2D eigenvalue weighted by Crippen LogP contribution is -2.51. The van der Waals surface area contributed by atoms with E-state index in [2.05, 4.69) is 5.16 Å². The normalized spacial score (nSPS) is 20.1. The van der Waals surface area contributed by atoms with Crippen molar-refractivity contribution < 1.29 is 19.2 Å². The molecule has 0 bridgehead atoms. The van der Waals surface area contributed by atoms with Gasteiger partial charge in [-0.3, -0.25) is 9.59 Å². The first-order valence-electron chi connectivity index (χ1n) is 9.36. The van der Waals surface area contributed by atoms with E-state index in [9.17, 15) is 14.7 Å². The summed E-state index contributed by atoms with van der Waals surface area (Å²) < 4.78 is 5.48. The summed E-state index contributed by atoms with van der Waals surface area (Å²) in [6.45, 7) is 6.49. The van der Waals surface area contributed by atoms with E-state index in [0.717, 1.165) is 11.1 Å². The highest BCUT2D eigenvalue weighted by molar-refractivity contribution is 5.81. The van der Waals surface area contributed by atoms with Crippen LogP contribution in [0.15, 0.2) is 34.9 Å². The van der Waals surface area contributed by atoms with Crippen LogP contribution in [-0.2, 0) is 16.0 Å². The van der Waals surface area contributed by atoms with Gasteiger partial charge in [0.1, 0.15) is 11.5 Å². The number of carbonyl (C=O) groups is 2. The number of likely N-dealkylation sites (tertiary alicyclic amines) is 1. The van der Waals surface area contributed by atoms with Crippen molar-refractivity contribution in [2.75, 3.05) is 13.1 Å². The van der Waals surface area contributed by atoms with Gasteiger partial charge in [-0.1, -0.05) is 43.3 Å². The minimum Gasteiger partial charge on any atom is -0.481 e. The molecule has 0 aliphatic carbocycles. The van der Waals surface area contributed by atoms with Crippen molar-refractivity contribution in [3.8, 4) is 11.3 Å². The Morgan fingerprint density at radius 2 is 2.07 bits per heavy atom. The summed E-state index contributed by atoms with van der Waals surface area (Å²) in [7, 11) is 0. The minimum absolute atomic E-state index is 0.00139. The summed E-state index contributed by atoms with van der Waals surface area (Å²) in [5, 5.41) is 14.1. The van der Waals surface area contributed by atoms with Gasteiger partial charge in [-0.05, 0) is 25.3 Å². The molecule has 0 saturated carbocycles. The van der Waals surface area contributed by atoms with Gasteiger partial charge in [-0.2, -0.15) is 0 Å². The Morgan fingerprint density at radius 3 is 2.74 bits per heavy atom. The van der Waals surface area contributed by atoms with Gasteiger partial charge < -0.3 is 14.5 Å². The van der Waals surface area contributed by atoms with E-state index in [1.807, 2.05) is 51.1 Å². The molecule has 1 aromatic carbocycles. The number of nitrogens with zero attached hydrogens (tertiary/aromatic N) is 2. The molecule has 1 amide bonds. The first kappa shape index (κ1) is 19.1. The van der Waals surface area contributed by atoms with Crippen molar-refractivity contribution in [3.05, 3.63) is 41.7 Å². The molecule has 0 unspecified atom stereocenters. The number of benzene rings is 1. The Kier molecular flexibility index (Phi) is 5.35.